The summed E-state index contributed by atoms with van der Waals surface area (Å²) in [4.78, 5) is 12.5. The molecule has 0 aliphatic carbocycles. The van der Waals surface area contributed by atoms with Crippen molar-refractivity contribution in [1.29, 1.82) is 0 Å². The number of nitrogens with one attached hydrogen (secondary N) is 2. The molecule has 144 valence electrons. The predicted molar refractivity (Wildman–Crippen MR) is 105 cm³/mol. The van der Waals surface area contributed by atoms with Crippen molar-refractivity contribution in [3.63, 3.8) is 0 Å². The number of sulfonamides is 1. The summed E-state index contributed by atoms with van der Waals surface area (Å²) in [6, 6.07) is 3.22. The Labute approximate surface area is 157 Å². The van der Waals surface area contributed by atoms with E-state index in [9.17, 15) is 13.2 Å². The van der Waals surface area contributed by atoms with Crippen LogP contribution in [0.15, 0.2) is 17.0 Å². The van der Waals surface area contributed by atoms with E-state index in [-0.39, 0.29) is 29.1 Å². The van der Waals surface area contributed by atoms with Gasteiger partial charge >= 0.3 is 0 Å². The lowest BCUT2D eigenvalue weighted by molar-refractivity contribution is -0.119. The van der Waals surface area contributed by atoms with Gasteiger partial charge in [0.05, 0.1) is 4.90 Å². The number of halogens is 1. The average Bonchev–Trinajstić information content (AvgIpc) is 2.52. The van der Waals surface area contributed by atoms with Crippen molar-refractivity contribution >= 4 is 34.0 Å². The molecule has 0 saturated heterocycles. The second-order valence-electron chi connectivity index (χ2n) is 5.95. The zero-order chi connectivity index (χ0) is 18.5. The molecule has 0 saturated carbocycles. The minimum atomic E-state index is -3.56. The van der Waals surface area contributed by atoms with E-state index < -0.39 is 10.0 Å². The van der Waals surface area contributed by atoms with Gasteiger partial charge in [0.25, 0.3) is 0 Å². The van der Waals surface area contributed by atoms with Crippen molar-refractivity contribution in [2.45, 2.75) is 39.5 Å². The molecular weight excluding hydrogens is 362 g/mol. The largest absolute Gasteiger partial charge is 0.326 e. The van der Waals surface area contributed by atoms with Crippen molar-refractivity contribution in [3.05, 3.63) is 23.3 Å². The van der Waals surface area contributed by atoms with E-state index in [1.54, 1.807) is 19.2 Å². The first-order chi connectivity index (χ1) is 11.2. The lowest BCUT2D eigenvalue weighted by atomic mass is 10.1. The Morgan fingerprint density at radius 1 is 1.20 bits per heavy atom. The molecule has 25 heavy (non-hydrogen) atoms. The normalized spacial score (nSPS) is 12.6. The Balaban J connectivity index is 0.00000576. The van der Waals surface area contributed by atoms with Gasteiger partial charge in [0, 0.05) is 31.2 Å². The number of benzene rings is 1. The molecule has 1 rings (SSSR count). The molecule has 0 fully saturated rings. The van der Waals surface area contributed by atoms with Crippen molar-refractivity contribution in [2.24, 2.45) is 5.92 Å². The van der Waals surface area contributed by atoms with E-state index in [0.29, 0.717) is 25.3 Å². The highest BCUT2D eigenvalue weighted by Gasteiger charge is 2.24. The van der Waals surface area contributed by atoms with Gasteiger partial charge in [-0.25, -0.2) is 8.42 Å². The molecule has 1 atom stereocenters. The SMILES string of the molecule is CCN(CC)S(=O)(=O)c1cc(C)c(C)c(NC(=O)C(C)CNC)c1.Cl. The third-order valence-electron chi connectivity index (χ3n) is 4.20. The molecule has 1 amide bonds. The van der Waals surface area contributed by atoms with Crippen molar-refractivity contribution in [3.8, 4) is 0 Å². The van der Waals surface area contributed by atoms with Gasteiger partial charge in [0.15, 0.2) is 0 Å². The summed E-state index contributed by atoms with van der Waals surface area (Å²) < 4.78 is 26.9. The van der Waals surface area contributed by atoms with Gasteiger partial charge in [0.1, 0.15) is 0 Å². The number of carbonyl (C=O) groups is 1. The fourth-order valence-corrected chi connectivity index (χ4v) is 4.04. The molecule has 1 aromatic rings. The van der Waals surface area contributed by atoms with E-state index in [1.165, 1.54) is 4.31 Å². The molecule has 1 unspecified atom stereocenters. The predicted octanol–water partition coefficient (Wildman–Crippen LogP) is 2.55. The first-order valence-electron chi connectivity index (χ1n) is 8.25. The van der Waals surface area contributed by atoms with Crippen molar-refractivity contribution in [1.82, 2.24) is 9.62 Å². The summed E-state index contributed by atoms with van der Waals surface area (Å²) in [5.74, 6) is -0.345. The summed E-state index contributed by atoms with van der Waals surface area (Å²) in [5.41, 5.74) is 2.26. The number of carbonyl (C=O) groups excluding carboxylic acids is 1. The van der Waals surface area contributed by atoms with Crippen LogP contribution in [-0.2, 0) is 14.8 Å². The molecule has 2 N–H and O–H groups in total. The van der Waals surface area contributed by atoms with E-state index in [1.807, 2.05) is 34.6 Å². The summed E-state index contributed by atoms with van der Waals surface area (Å²) in [6.45, 7) is 10.5. The zero-order valence-electron chi connectivity index (χ0n) is 15.8. The maximum Gasteiger partial charge on any atom is 0.243 e. The second kappa shape index (κ2) is 10.1. The Morgan fingerprint density at radius 2 is 1.76 bits per heavy atom. The summed E-state index contributed by atoms with van der Waals surface area (Å²) in [5, 5.41) is 5.82. The van der Waals surface area contributed by atoms with E-state index >= 15 is 0 Å². The van der Waals surface area contributed by atoms with Crippen LogP contribution in [0.1, 0.15) is 31.9 Å². The molecule has 1 aromatic carbocycles. The molecule has 0 aromatic heterocycles. The Morgan fingerprint density at radius 3 is 2.24 bits per heavy atom. The maximum atomic E-state index is 12.7. The van der Waals surface area contributed by atoms with Gasteiger partial charge < -0.3 is 10.6 Å². The van der Waals surface area contributed by atoms with Crippen LogP contribution in [0.2, 0.25) is 0 Å². The Hall–Kier alpha value is -1.15. The average molecular weight is 392 g/mol. The molecule has 8 heteroatoms. The molecule has 6 nitrogen and oxygen atoms in total. The van der Waals surface area contributed by atoms with Crippen LogP contribution in [0.3, 0.4) is 0 Å². The number of hydrogen-bond donors (Lipinski definition) is 2. The zero-order valence-corrected chi connectivity index (χ0v) is 17.5. The van der Waals surface area contributed by atoms with Crippen LogP contribution in [0.4, 0.5) is 5.69 Å². The Bertz CT molecular complexity index is 689. The van der Waals surface area contributed by atoms with Crippen LogP contribution >= 0.6 is 12.4 Å². The quantitative estimate of drug-likeness (QED) is 0.713. The summed E-state index contributed by atoms with van der Waals surface area (Å²) in [7, 11) is -1.77. The van der Waals surface area contributed by atoms with Gasteiger partial charge in [-0.2, -0.15) is 4.31 Å². The van der Waals surface area contributed by atoms with Crippen LogP contribution in [0.5, 0.6) is 0 Å². The first-order valence-corrected chi connectivity index (χ1v) is 9.69. The highest BCUT2D eigenvalue weighted by molar-refractivity contribution is 7.89. The van der Waals surface area contributed by atoms with E-state index in [2.05, 4.69) is 10.6 Å². The van der Waals surface area contributed by atoms with Crippen molar-refractivity contribution in [2.75, 3.05) is 32.0 Å². The van der Waals surface area contributed by atoms with Gasteiger partial charge in [0.2, 0.25) is 15.9 Å². The number of anilines is 1. The van der Waals surface area contributed by atoms with E-state index in [4.69, 9.17) is 0 Å². The van der Waals surface area contributed by atoms with Crippen LogP contribution in [0, 0.1) is 19.8 Å². The lowest BCUT2D eigenvalue weighted by Gasteiger charge is -2.21. The molecule has 0 spiro atoms. The van der Waals surface area contributed by atoms with Crippen molar-refractivity contribution < 1.29 is 13.2 Å². The highest BCUT2D eigenvalue weighted by Crippen LogP contribution is 2.26. The smallest absolute Gasteiger partial charge is 0.243 e. The molecular formula is C17H30ClN3O3S. The fourth-order valence-electron chi connectivity index (χ4n) is 2.47. The van der Waals surface area contributed by atoms with Gasteiger partial charge in [-0.05, 0) is 44.2 Å². The third-order valence-corrected chi connectivity index (χ3v) is 6.23. The Kier molecular flexibility index (Phi) is 9.64. The number of amides is 1. The van der Waals surface area contributed by atoms with Gasteiger partial charge in [-0.1, -0.05) is 20.8 Å². The van der Waals surface area contributed by atoms with E-state index in [0.717, 1.165) is 11.1 Å². The highest BCUT2D eigenvalue weighted by atomic mass is 35.5. The lowest BCUT2D eigenvalue weighted by Crippen LogP contribution is -2.31. The topological polar surface area (TPSA) is 78.5 Å². The molecule has 0 aliphatic heterocycles. The summed E-state index contributed by atoms with van der Waals surface area (Å²) >= 11 is 0. The minimum Gasteiger partial charge on any atom is -0.326 e. The molecule has 0 bridgehead atoms. The van der Waals surface area contributed by atoms with Crippen LogP contribution < -0.4 is 10.6 Å². The van der Waals surface area contributed by atoms with Gasteiger partial charge in [-0.3, -0.25) is 4.79 Å². The van der Waals surface area contributed by atoms with Crippen LogP contribution in [0.25, 0.3) is 0 Å². The fraction of sp³-hybridized carbons (Fsp3) is 0.588. The monoisotopic (exact) mass is 391 g/mol. The maximum absolute atomic E-state index is 12.7. The minimum absolute atomic E-state index is 0. The molecule has 0 aliphatic rings. The second-order valence-corrected chi connectivity index (χ2v) is 7.89. The van der Waals surface area contributed by atoms with Crippen LogP contribution in [-0.4, -0.2) is 45.3 Å². The first kappa shape index (κ1) is 23.9. The number of rotatable bonds is 8. The number of aryl methyl sites for hydroxylation is 1. The molecule has 0 radical (unpaired) electrons. The number of hydrogen-bond acceptors (Lipinski definition) is 4. The third kappa shape index (κ3) is 5.67. The summed E-state index contributed by atoms with van der Waals surface area (Å²) in [6.07, 6.45) is 0. The number of nitrogens with zero attached hydrogens (tertiary/aromatic N) is 1. The standard InChI is InChI=1S/C17H29N3O3S.ClH/c1-7-20(8-2)24(22,23)15-9-12(3)14(5)16(10-15)19-17(21)13(4)11-18-6;/h9-10,13,18H,7-8,11H2,1-6H3,(H,19,21);1H. The molecule has 0 heterocycles. The van der Waals surface area contributed by atoms with Gasteiger partial charge in [-0.15, -0.1) is 12.4 Å².